The van der Waals surface area contributed by atoms with Gasteiger partial charge in [-0.05, 0) is 66.6 Å². The smallest absolute Gasteiger partial charge is 0.251 e. The topological polar surface area (TPSA) is 115 Å². The van der Waals surface area contributed by atoms with Crippen LogP contribution in [0.15, 0.2) is 90.0 Å². The minimum Gasteiger partial charge on any atom is -0.492 e. The van der Waals surface area contributed by atoms with Crippen LogP contribution in [0, 0.1) is 5.82 Å². The Morgan fingerprint density at radius 3 is 2.40 bits per heavy atom. The zero-order valence-corrected chi connectivity index (χ0v) is 22.6. The summed E-state index contributed by atoms with van der Waals surface area (Å²) in [7, 11) is -3.39. The molecule has 0 bridgehead atoms. The van der Waals surface area contributed by atoms with Crippen LogP contribution in [-0.2, 0) is 16.4 Å². The number of ether oxygens (including phenoxy) is 1. The Morgan fingerprint density at radius 2 is 1.70 bits per heavy atom. The molecule has 0 aliphatic heterocycles. The average Bonchev–Trinajstić information content (AvgIpc) is 3.35. The lowest BCUT2D eigenvalue weighted by Gasteiger charge is -2.11. The maximum atomic E-state index is 13.1. The van der Waals surface area contributed by atoms with E-state index in [1.807, 2.05) is 37.4 Å². The lowest BCUT2D eigenvalue weighted by atomic mass is 10.1. The number of rotatable bonds is 9. The molecule has 0 unspecified atom stereocenters. The van der Waals surface area contributed by atoms with Crippen molar-refractivity contribution in [1.82, 2.24) is 19.9 Å². The van der Waals surface area contributed by atoms with Crippen molar-refractivity contribution in [2.24, 2.45) is 0 Å². The van der Waals surface area contributed by atoms with Crippen LogP contribution in [0.4, 0.5) is 16.0 Å². The van der Waals surface area contributed by atoms with E-state index in [2.05, 4.69) is 20.7 Å². The third kappa shape index (κ3) is 6.10. The van der Waals surface area contributed by atoms with Gasteiger partial charge in [-0.3, -0.25) is 4.79 Å². The third-order valence-electron chi connectivity index (χ3n) is 6.11. The highest BCUT2D eigenvalue weighted by Crippen LogP contribution is 2.30. The number of nitrogens with one attached hydrogen (secondary N) is 2. The van der Waals surface area contributed by atoms with Crippen molar-refractivity contribution in [2.75, 3.05) is 18.2 Å². The molecule has 0 spiro atoms. The van der Waals surface area contributed by atoms with Crippen molar-refractivity contribution in [1.29, 1.82) is 0 Å². The van der Waals surface area contributed by atoms with Gasteiger partial charge in [-0.15, -0.1) is 5.10 Å². The van der Waals surface area contributed by atoms with Gasteiger partial charge in [-0.2, -0.15) is 4.98 Å². The van der Waals surface area contributed by atoms with E-state index in [4.69, 9.17) is 4.74 Å². The number of nitrogens with zero attached hydrogens (tertiary/aromatic N) is 3. The van der Waals surface area contributed by atoms with E-state index in [1.54, 1.807) is 34.8 Å². The number of fused-ring (bicyclic) bond motifs is 1. The third-order valence-corrected chi connectivity index (χ3v) is 7.22. The molecule has 2 N–H and O–H groups in total. The summed E-state index contributed by atoms with van der Waals surface area (Å²) >= 11 is 0. The fourth-order valence-corrected chi connectivity index (χ4v) is 4.68. The van der Waals surface area contributed by atoms with Gasteiger partial charge in [0, 0.05) is 36.2 Å². The van der Waals surface area contributed by atoms with E-state index in [0.717, 1.165) is 22.9 Å². The number of carbonyl (C=O) groups excluding carboxylic acids is 1. The largest absolute Gasteiger partial charge is 0.492 e. The number of pyridine rings is 1. The molecule has 40 heavy (non-hydrogen) atoms. The SMILES string of the molecule is CCOc1cc(S(C)(=O)=O)ccc1Nc1nc2ccc(-c3ccc(C(=O)NCc4ccc(F)cc4)cc3)cn2n1. The zero-order valence-electron chi connectivity index (χ0n) is 21.8. The molecule has 0 aliphatic rings. The first-order valence-corrected chi connectivity index (χ1v) is 14.3. The number of hydrogen-bond acceptors (Lipinski definition) is 7. The van der Waals surface area contributed by atoms with Gasteiger partial charge in [-0.1, -0.05) is 24.3 Å². The van der Waals surface area contributed by atoms with Crippen molar-refractivity contribution < 1.29 is 22.3 Å². The molecule has 0 fully saturated rings. The van der Waals surface area contributed by atoms with Gasteiger partial charge in [0.1, 0.15) is 11.6 Å². The van der Waals surface area contributed by atoms with Gasteiger partial charge in [0.2, 0.25) is 5.95 Å². The monoisotopic (exact) mass is 559 g/mol. The number of halogens is 1. The minimum absolute atomic E-state index is 0.158. The number of sulfone groups is 1. The van der Waals surface area contributed by atoms with Gasteiger partial charge in [0.05, 0.1) is 17.2 Å². The molecule has 1 amide bonds. The predicted octanol–water partition coefficient (Wildman–Crippen LogP) is 5.01. The van der Waals surface area contributed by atoms with Gasteiger partial charge in [0.25, 0.3) is 5.91 Å². The molecule has 5 rings (SSSR count). The fourth-order valence-electron chi connectivity index (χ4n) is 4.04. The first-order valence-electron chi connectivity index (χ1n) is 12.4. The first kappa shape index (κ1) is 26.8. The fraction of sp³-hybridized carbons (Fsp3) is 0.138. The summed E-state index contributed by atoms with van der Waals surface area (Å²) in [6.45, 7) is 2.47. The van der Waals surface area contributed by atoms with Gasteiger partial charge in [0.15, 0.2) is 15.5 Å². The molecule has 11 heteroatoms. The Morgan fingerprint density at radius 1 is 0.975 bits per heavy atom. The second-order valence-corrected chi connectivity index (χ2v) is 11.0. The van der Waals surface area contributed by atoms with Crippen LogP contribution in [-0.4, -0.2) is 41.8 Å². The van der Waals surface area contributed by atoms with Crippen molar-refractivity contribution >= 4 is 33.0 Å². The minimum atomic E-state index is -3.39. The van der Waals surface area contributed by atoms with Crippen molar-refractivity contribution in [3.05, 3.63) is 102 Å². The van der Waals surface area contributed by atoms with E-state index in [0.29, 0.717) is 41.7 Å². The highest BCUT2D eigenvalue weighted by atomic mass is 32.2. The van der Waals surface area contributed by atoms with Gasteiger partial charge in [-0.25, -0.2) is 17.3 Å². The Bertz CT molecular complexity index is 1790. The Hall–Kier alpha value is -4.77. The standard InChI is InChI=1S/C29H26FN5O4S/c1-3-39-26-16-24(40(2,37)38)13-14-25(26)32-29-33-27-15-10-22(18-35(27)34-29)20-6-8-21(9-7-20)28(36)31-17-19-4-11-23(30)12-5-19/h4-16,18H,3,17H2,1-2H3,(H,31,36)(H,32,34). The summed E-state index contributed by atoms with van der Waals surface area (Å²) in [5.74, 6) is 0.152. The summed E-state index contributed by atoms with van der Waals surface area (Å²) in [6, 6.07) is 21.5. The van der Waals surface area contributed by atoms with E-state index < -0.39 is 9.84 Å². The maximum Gasteiger partial charge on any atom is 0.251 e. The maximum absolute atomic E-state index is 13.1. The van der Waals surface area contributed by atoms with Crippen LogP contribution in [0.3, 0.4) is 0 Å². The Balaban J connectivity index is 1.30. The quantitative estimate of drug-likeness (QED) is 0.261. The van der Waals surface area contributed by atoms with Crippen LogP contribution in [0.5, 0.6) is 5.75 Å². The number of amides is 1. The van der Waals surface area contributed by atoms with Crippen molar-refractivity contribution in [3.63, 3.8) is 0 Å². The number of benzene rings is 3. The molecule has 5 aromatic rings. The lowest BCUT2D eigenvalue weighted by molar-refractivity contribution is 0.0951. The molecule has 2 heterocycles. The van der Waals surface area contributed by atoms with Crippen LogP contribution >= 0.6 is 0 Å². The van der Waals surface area contributed by atoms with E-state index >= 15 is 0 Å². The number of hydrogen-bond donors (Lipinski definition) is 2. The zero-order chi connectivity index (χ0) is 28.3. The highest BCUT2D eigenvalue weighted by Gasteiger charge is 2.14. The summed E-state index contributed by atoms with van der Waals surface area (Å²) in [6.07, 6.45) is 2.97. The number of aromatic nitrogens is 3. The average molecular weight is 560 g/mol. The summed E-state index contributed by atoms with van der Waals surface area (Å²) < 4.78 is 44.2. The van der Waals surface area contributed by atoms with Crippen molar-refractivity contribution in [2.45, 2.75) is 18.4 Å². The number of anilines is 2. The second kappa shape index (κ2) is 11.1. The predicted molar refractivity (Wildman–Crippen MR) is 150 cm³/mol. The molecular weight excluding hydrogens is 533 g/mol. The van der Waals surface area contributed by atoms with E-state index in [-0.39, 0.29) is 16.6 Å². The molecule has 0 radical (unpaired) electrons. The summed E-state index contributed by atoms with van der Waals surface area (Å²) in [4.78, 5) is 17.2. The van der Waals surface area contributed by atoms with E-state index in [9.17, 15) is 17.6 Å². The molecule has 3 aromatic carbocycles. The lowest BCUT2D eigenvalue weighted by Crippen LogP contribution is -2.22. The normalized spacial score (nSPS) is 11.4. The second-order valence-electron chi connectivity index (χ2n) is 9.03. The van der Waals surface area contributed by atoms with Crippen LogP contribution in [0.1, 0.15) is 22.8 Å². The number of carbonyl (C=O) groups is 1. The molecule has 0 saturated carbocycles. The Labute approximate surface area is 230 Å². The Kier molecular flexibility index (Phi) is 7.47. The van der Waals surface area contributed by atoms with Gasteiger partial charge < -0.3 is 15.4 Å². The van der Waals surface area contributed by atoms with Crippen LogP contribution in [0.25, 0.3) is 16.8 Å². The summed E-state index contributed by atoms with van der Waals surface area (Å²) in [5.41, 5.74) is 4.21. The summed E-state index contributed by atoms with van der Waals surface area (Å²) in [5, 5.41) is 10.4. The van der Waals surface area contributed by atoms with Crippen LogP contribution in [0.2, 0.25) is 0 Å². The molecular formula is C29H26FN5O4S. The molecule has 204 valence electrons. The highest BCUT2D eigenvalue weighted by molar-refractivity contribution is 7.90. The molecule has 0 saturated heterocycles. The first-order chi connectivity index (χ1) is 19.2. The molecule has 0 aliphatic carbocycles. The van der Waals surface area contributed by atoms with E-state index in [1.165, 1.54) is 24.3 Å². The molecule has 2 aromatic heterocycles. The molecule has 0 atom stereocenters. The van der Waals surface area contributed by atoms with Crippen LogP contribution < -0.4 is 15.4 Å². The van der Waals surface area contributed by atoms with Crippen molar-refractivity contribution in [3.8, 4) is 16.9 Å². The molecule has 9 nitrogen and oxygen atoms in total. The van der Waals surface area contributed by atoms with Gasteiger partial charge >= 0.3 is 0 Å².